The average Bonchev–Trinajstić information content (AvgIpc) is 2.39. The first-order valence-electron chi connectivity index (χ1n) is 6.19. The number of carbonyl (C=O) groups excluding carboxylic acids is 2. The van der Waals surface area contributed by atoms with E-state index in [1.165, 1.54) is 13.8 Å². The van der Waals surface area contributed by atoms with Crippen molar-refractivity contribution in [1.29, 1.82) is 0 Å². The molecule has 0 radical (unpaired) electrons. The molecule has 0 aromatic rings. The van der Waals surface area contributed by atoms with Crippen molar-refractivity contribution in [3.63, 3.8) is 0 Å². The lowest BCUT2D eigenvalue weighted by Gasteiger charge is -2.22. The summed E-state index contributed by atoms with van der Waals surface area (Å²) in [4.78, 5) is 34.0. The minimum atomic E-state index is -1.20. The molecule has 1 fully saturated rings. The molecule has 0 bridgehead atoms. The maximum Gasteiger partial charge on any atom is 0.331 e. The van der Waals surface area contributed by atoms with Crippen LogP contribution in [0.25, 0.3) is 0 Å². The third-order valence-electron chi connectivity index (χ3n) is 3.17. The maximum atomic E-state index is 11.7. The van der Waals surface area contributed by atoms with E-state index in [9.17, 15) is 18.6 Å². The molecule has 0 unspecified atom stereocenters. The van der Waals surface area contributed by atoms with Gasteiger partial charge in [0.15, 0.2) is 0 Å². The number of urea groups is 1. The third-order valence-corrected chi connectivity index (χ3v) is 4.56. The lowest BCUT2D eigenvalue weighted by molar-refractivity contribution is -0.133. The fraction of sp³-hybridized carbons (Fsp3) is 0.583. The van der Waals surface area contributed by atoms with Crippen LogP contribution in [-0.4, -0.2) is 44.8 Å². The average molecular weight is 302 g/mol. The van der Waals surface area contributed by atoms with E-state index < -0.39 is 28.7 Å². The summed E-state index contributed by atoms with van der Waals surface area (Å²) in [5, 5.41) is 13.5. The summed E-state index contributed by atoms with van der Waals surface area (Å²) >= 11 is 0. The summed E-state index contributed by atoms with van der Waals surface area (Å²) in [6, 6.07) is -0.768. The molecule has 112 valence electrons. The standard InChI is InChI=1S/C12H18N2O5S/c1-7(8(2)11(16)17)10(15)14-12(18)13-9-3-5-20(19)6-4-9/h9H,3-6H2,1-2H3,(H,16,17)(H2,13,14,15,18). The van der Waals surface area contributed by atoms with Crippen LogP contribution in [0.3, 0.4) is 0 Å². The largest absolute Gasteiger partial charge is 0.478 e. The molecule has 0 saturated carbocycles. The van der Waals surface area contributed by atoms with Gasteiger partial charge in [-0.2, -0.15) is 0 Å². The van der Waals surface area contributed by atoms with E-state index in [2.05, 4.69) is 10.6 Å². The maximum absolute atomic E-state index is 11.7. The summed E-state index contributed by atoms with van der Waals surface area (Å²) in [5.74, 6) is -0.860. The highest BCUT2D eigenvalue weighted by Crippen LogP contribution is 2.09. The molecule has 8 heteroatoms. The van der Waals surface area contributed by atoms with E-state index in [1.54, 1.807) is 0 Å². The molecule has 0 spiro atoms. The van der Waals surface area contributed by atoms with Crippen molar-refractivity contribution in [2.24, 2.45) is 0 Å². The van der Waals surface area contributed by atoms with Gasteiger partial charge in [-0.1, -0.05) is 0 Å². The van der Waals surface area contributed by atoms with Gasteiger partial charge in [0.05, 0.1) is 0 Å². The summed E-state index contributed by atoms with van der Waals surface area (Å²) in [7, 11) is -0.817. The minimum absolute atomic E-state index is 0.0163. The predicted molar refractivity (Wildman–Crippen MR) is 73.6 cm³/mol. The van der Waals surface area contributed by atoms with E-state index in [4.69, 9.17) is 5.11 Å². The first kappa shape index (κ1) is 16.4. The number of amides is 3. The number of nitrogens with one attached hydrogen (secondary N) is 2. The molecule has 1 rings (SSSR count). The van der Waals surface area contributed by atoms with Gasteiger partial charge in [-0.3, -0.25) is 14.3 Å². The van der Waals surface area contributed by atoms with Crippen molar-refractivity contribution in [1.82, 2.24) is 10.6 Å². The highest BCUT2D eigenvalue weighted by Gasteiger charge is 2.21. The van der Waals surface area contributed by atoms with Crippen molar-refractivity contribution in [2.45, 2.75) is 32.7 Å². The number of carboxylic acid groups (broad SMARTS) is 1. The lowest BCUT2D eigenvalue weighted by atomic mass is 10.1. The van der Waals surface area contributed by atoms with Crippen LogP contribution in [0.1, 0.15) is 26.7 Å². The highest BCUT2D eigenvalue weighted by atomic mass is 32.2. The van der Waals surface area contributed by atoms with Crippen molar-refractivity contribution < 1.29 is 23.7 Å². The summed E-state index contributed by atoms with van der Waals surface area (Å²) in [6.07, 6.45) is 1.22. The Hall–Kier alpha value is -1.70. The van der Waals surface area contributed by atoms with E-state index in [0.29, 0.717) is 24.3 Å². The van der Waals surface area contributed by atoms with Crippen molar-refractivity contribution in [3.05, 3.63) is 11.1 Å². The van der Waals surface area contributed by atoms with E-state index in [1.807, 2.05) is 0 Å². The fourth-order valence-electron chi connectivity index (χ4n) is 1.69. The van der Waals surface area contributed by atoms with E-state index in [0.717, 1.165) is 0 Å². The zero-order chi connectivity index (χ0) is 15.3. The summed E-state index contributed by atoms with van der Waals surface area (Å²) < 4.78 is 11.2. The van der Waals surface area contributed by atoms with Gasteiger partial charge in [0, 0.05) is 39.5 Å². The second kappa shape index (κ2) is 7.18. The molecule has 7 nitrogen and oxygen atoms in total. The second-order valence-electron chi connectivity index (χ2n) is 4.61. The van der Waals surface area contributed by atoms with Crippen LogP contribution in [-0.2, 0) is 20.4 Å². The van der Waals surface area contributed by atoms with Crippen LogP contribution < -0.4 is 10.6 Å². The van der Waals surface area contributed by atoms with Crippen LogP contribution in [0.2, 0.25) is 0 Å². The fourth-order valence-corrected chi connectivity index (χ4v) is 2.99. The molecule has 1 saturated heterocycles. The topological polar surface area (TPSA) is 113 Å². The molecule has 0 aromatic heterocycles. The number of aliphatic carboxylic acids is 1. The molecule has 3 N–H and O–H groups in total. The monoisotopic (exact) mass is 302 g/mol. The first-order valence-corrected chi connectivity index (χ1v) is 7.67. The quantitative estimate of drug-likeness (QED) is 0.642. The Morgan fingerprint density at radius 3 is 2.15 bits per heavy atom. The number of imide groups is 1. The SMILES string of the molecule is CC(C(=O)O)=C(C)C(=O)NC(=O)NC1CCS(=O)CC1. The number of hydrogen-bond donors (Lipinski definition) is 3. The number of hydrogen-bond acceptors (Lipinski definition) is 4. The van der Waals surface area contributed by atoms with Crippen molar-refractivity contribution >= 4 is 28.7 Å². The van der Waals surface area contributed by atoms with Crippen LogP contribution in [0.5, 0.6) is 0 Å². The second-order valence-corrected chi connectivity index (χ2v) is 6.30. The Balaban J connectivity index is 2.50. The number of rotatable bonds is 3. The minimum Gasteiger partial charge on any atom is -0.478 e. The predicted octanol–water partition coefficient (Wildman–Crippen LogP) is 0.144. The molecular weight excluding hydrogens is 284 g/mol. The van der Waals surface area contributed by atoms with Gasteiger partial charge >= 0.3 is 12.0 Å². The highest BCUT2D eigenvalue weighted by molar-refractivity contribution is 7.85. The van der Waals surface area contributed by atoms with Gasteiger partial charge in [-0.15, -0.1) is 0 Å². The lowest BCUT2D eigenvalue weighted by Crippen LogP contribution is -2.47. The Morgan fingerprint density at radius 2 is 1.65 bits per heavy atom. The van der Waals surface area contributed by atoms with E-state index in [-0.39, 0.29) is 17.2 Å². The number of carboxylic acids is 1. The zero-order valence-electron chi connectivity index (χ0n) is 11.4. The van der Waals surface area contributed by atoms with Crippen molar-refractivity contribution in [3.8, 4) is 0 Å². The van der Waals surface area contributed by atoms with Gasteiger partial charge in [0.2, 0.25) is 0 Å². The Kier molecular flexibility index (Phi) is 5.87. The molecule has 0 aliphatic carbocycles. The first-order chi connectivity index (χ1) is 9.31. The van der Waals surface area contributed by atoms with Crippen LogP contribution >= 0.6 is 0 Å². The summed E-state index contributed by atoms with van der Waals surface area (Å²) in [6.45, 7) is 2.64. The van der Waals surface area contributed by atoms with Gasteiger partial charge < -0.3 is 10.4 Å². The van der Waals surface area contributed by atoms with Crippen LogP contribution in [0.15, 0.2) is 11.1 Å². The zero-order valence-corrected chi connectivity index (χ0v) is 12.2. The Bertz CT molecular complexity index is 476. The molecule has 0 atom stereocenters. The van der Waals surface area contributed by atoms with E-state index >= 15 is 0 Å². The van der Waals surface area contributed by atoms with Gasteiger partial charge in [-0.25, -0.2) is 9.59 Å². The molecular formula is C12H18N2O5S. The molecule has 0 aromatic carbocycles. The molecule has 20 heavy (non-hydrogen) atoms. The van der Waals surface area contributed by atoms with Gasteiger partial charge in [0.1, 0.15) is 0 Å². The molecule has 1 aliphatic heterocycles. The van der Waals surface area contributed by atoms with Gasteiger partial charge in [0.25, 0.3) is 5.91 Å². The smallest absolute Gasteiger partial charge is 0.331 e. The molecule has 1 aliphatic rings. The van der Waals surface area contributed by atoms with Crippen LogP contribution in [0.4, 0.5) is 4.79 Å². The summed E-state index contributed by atoms with van der Waals surface area (Å²) in [5.41, 5.74) is -0.124. The van der Waals surface area contributed by atoms with Crippen LogP contribution in [0, 0.1) is 0 Å². The normalized spacial score (nSPS) is 23.5. The van der Waals surface area contributed by atoms with Crippen molar-refractivity contribution in [2.75, 3.05) is 11.5 Å². The third kappa shape index (κ3) is 4.76. The number of carbonyl (C=O) groups is 3. The Morgan fingerprint density at radius 1 is 1.10 bits per heavy atom. The molecule has 1 heterocycles. The molecule has 3 amide bonds. The Labute approximate surface area is 119 Å². The van der Waals surface area contributed by atoms with Gasteiger partial charge in [-0.05, 0) is 26.7 Å².